The number of amides is 1. The lowest BCUT2D eigenvalue weighted by molar-refractivity contribution is -0.124. The van der Waals surface area contributed by atoms with Crippen LogP contribution in [0.15, 0.2) is 23.1 Å². The number of aryl methyl sites for hydroxylation is 2. The zero-order chi connectivity index (χ0) is 15.0. The minimum absolute atomic E-state index is 0.172. The van der Waals surface area contributed by atoms with E-state index in [0.29, 0.717) is 12.0 Å². The highest BCUT2D eigenvalue weighted by atomic mass is 32.2. The second-order valence-corrected chi connectivity index (χ2v) is 7.60. The van der Waals surface area contributed by atoms with Gasteiger partial charge < -0.3 is 5.73 Å². The SMILES string of the molecule is Cc1ccc(SCC(NC2CC2)(C(N)=O)C2CC2)c(C)c1. The van der Waals surface area contributed by atoms with Crippen LogP contribution in [0.2, 0.25) is 0 Å². The Kier molecular flexibility index (Phi) is 4.02. The van der Waals surface area contributed by atoms with Crippen molar-refractivity contribution < 1.29 is 4.79 Å². The Morgan fingerprint density at radius 2 is 2.05 bits per heavy atom. The lowest BCUT2D eigenvalue weighted by Crippen LogP contribution is -2.60. The largest absolute Gasteiger partial charge is 0.368 e. The van der Waals surface area contributed by atoms with Crippen molar-refractivity contribution in [2.75, 3.05) is 5.75 Å². The predicted molar refractivity (Wildman–Crippen MR) is 87.4 cm³/mol. The van der Waals surface area contributed by atoms with Gasteiger partial charge in [-0.25, -0.2) is 0 Å². The van der Waals surface area contributed by atoms with Gasteiger partial charge >= 0.3 is 0 Å². The number of nitrogens with two attached hydrogens (primary N) is 1. The highest BCUT2D eigenvalue weighted by molar-refractivity contribution is 7.99. The Morgan fingerprint density at radius 1 is 1.33 bits per heavy atom. The van der Waals surface area contributed by atoms with Crippen molar-refractivity contribution in [1.29, 1.82) is 0 Å². The molecule has 1 amide bonds. The van der Waals surface area contributed by atoms with Crippen LogP contribution in [0.25, 0.3) is 0 Å². The normalized spacial score (nSPS) is 21.0. The molecule has 2 aliphatic carbocycles. The number of nitrogens with one attached hydrogen (secondary N) is 1. The molecule has 0 spiro atoms. The van der Waals surface area contributed by atoms with Crippen molar-refractivity contribution in [2.45, 2.75) is 56.0 Å². The van der Waals surface area contributed by atoms with Gasteiger partial charge in [0.05, 0.1) is 0 Å². The third kappa shape index (κ3) is 3.27. The summed E-state index contributed by atoms with van der Waals surface area (Å²) in [5, 5.41) is 3.57. The molecule has 1 aromatic carbocycles. The average Bonchev–Trinajstić information content (AvgIpc) is 3.28. The van der Waals surface area contributed by atoms with E-state index in [-0.39, 0.29) is 5.91 Å². The molecule has 4 heteroatoms. The number of benzene rings is 1. The summed E-state index contributed by atoms with van der Waals surface area (Å²) in [7, 11) is 0. The Labute approximate surface area is 131 Å². The molecular formula is C17H24N2OS. The predicted octanol–water partition coefficient (Wildman–Crippen LogP) is 2.78. The van der Waals surface area contributed by atoms with Crippen molar-refractivity contribution in [3.05, 3.63) is 29.3 Å². The molecule has 0 aromatic heterocycles. The van der Waals surface area contributed by atoms with Crippen molar-refractivity contribution in [3.63, 3.8) is 0 Å². The van der Waals surface area contributed by atoms with Crippen molar-refractivity contribution in [3.8, 4) is 0 Å². The summed E-state index contributed by atoms with van der Waals surface area (Å²) < 4.78 is 0. The molecule has 2 fully saturated rings. The summed E-state index contributed by atoms with van der Waals surface area (Å²) in [4.78, 5) is 13.4. The minimum atomic E-state index is -0.511. The quantitative estimate of drug-likeness (QED) is 0.762. The number of carbonyl (C=O) groups is 1. The third-order valence-electron chi connectivity index (χ3n) is 4.54. The Morgan fingerprint density at radius 3 is 2.57 bits per heavy atom. The van der Waals surface area contributed by atoms with Gasteiger partial charge in [-0.05, 0) is 57.1 Å². The summed E-state index contributed by atoms with van der Waals surface area (Å²) in [6.45, 7) is 4.24. The zero-order valence-corrected chi connectivity index (χ0v) is 13.6. The molecule has 0 heterocycles. The van der Waals surface area contributed by atoms with Gasteiger partial charge in [0, 0.05) is 16.7 Å². The maximum atomic E-state index is 12.2. The van der Waals surface area contributed by atoms with E-state index in [1.54, 1.807) is 11.8 Å². The van der Waals surface area contributed by atoms with Gasteiger partial charge in [-0.2, -0.15) is 0 Å². The van der Waals surface area contributed by atoms with Crippen LogP contribution in [0.5, 0.6) is 0 Å². The first kappa shape index (κ1) is 14.9. The lowest BCUT2D eigenvalue weighted by Gasteiger charge is -2.32. The fourth-order valence-electron chi connectivity index (χ4n) is 2.94. The van der Waals surface area contributed by atoms with E-state index in [2.05, 4.69) is 37.4 Å². The van der Waals surface area contributed by atoms with Gasteiger partial charge in [0.1, 0.15) is 5.54 Å². The molecule has 0 aliphatic heterocycles. The minimum Gasteiger partial charge on any atom is -0.368 e. The molecule has 0 bridgehead atoms. The molecule has 1 unspecified atom stereocenters. The van der Waals surface area contributed by atoms with Crippen LogP contribution in [-0.2, 0) is 4.79 Å². The molecule has 21 heavy (non-hydrogen) atoms. The summed E-state index contributed by atoms with van der Waals surface area (Å²) in [6, 6.07) is 6.98. The highest BCUT2D eigenvalue weighted by Crippen LogP contribution is 2.44. The van der Waals surface area contributed by atoms with E-state index in [1.807, 2.05) is 0 Å². The molecule has 0 radical (unpaired) electrons. The third-order valence-corrected chi connectivity index (χ3v) is 5.91. The van der Waals surface area contributed by atoms with Gasteiger partial charge in [0.15, 0.2) is 0 Å². The first-order valence-corrected chi connectivity index (χ1v) is 8.77. The summed E-state index contributed by atoms with van der Waals surface area (Å²) in [5.41, 5.74) is 7.84. The molecule has 2 saturated carbocycles. The number of rotatable bonds is 7. The molecular weight excluding hydrogens is 280 g/mol. The maximum absolute atomic E-state index is 12.2. The monoisotopic (exact) mass is 304 g/mol. The molecule has 3 nitrogen and oxygen atoms in total. The van der Waals surface area contributed by atoms with E-state index in [0.717, 1.165) is 18.6 Å². The average molecular weight is 304 g/mol. The van der Waals surface area contributed by atoms with E-state index in [4.69, 9.17) is 5.73 Å². The van der Waals surface area contributed by atoms with Crippen LogP contribution in [0.1, 0.15) is 36.8 Å². The molecule has 3 rings (SSSR count). The van der Waals surface area contributed by atoms with Crippen LogP contribution >= 0.6 is 11.8 Å². The molecule has 3 N–H and O–H groups in total. The van der Waals surface area contributed by atoms with Crippen LogP contribution in [-0.4, -0.2) is 23.2 Å². The van der Waals surface area contributed by atoms with Crippen LogP contribution < -0.4 is 11.1 Å². The number of hydrogen-bond donors (Lipinski definition) is 2. The van der Waals surface area contributed by atoms with Gasteiger partial charge in [-0.15, -0.1) is 11.8 Å². The van der Waals surface area contributed by atoms with Crippen molar-refractivity contribution >= 4 is 17.7 Å². The van der Waals surface area contributed by atoms with Gasteiger partial charge in [0.2, 0.25) is 5.91 Å². The first-order chi connectivity index (χ1) is 10.0. The smallest absolute Gasteiger partial charge is 0.238 e. The molecule has 1 aromatic rings. The summed E-state index contributed by atoms with van der Waals surface area (Å²) in [5.74, 6) is 0.996. The van der Waals surface area contributed by atoms with Crippen LogP contribution in [0.3, 0.4) is 0 Å². The van der Waals surface area contributed by atoms with Crippen LogP contribution in [0.4, 0.5) is 0 Å². The second kappa shape index (κ2) is 5.65. The van der Waals surface area contributed by atoms with E-state index < -0.39 is 5.54 Å². The van der Waals surface area contributed by atoms with Crippen molar-refractivity contribution in [1.82, 2.24) is 5.32 Å². The number of carbonyl (C=O) groups excluding carboxylic acids is 1. The Bertz CT molecular complexity index is 552. The van der Waals surface area contributed by atoms with Crippen molar-refractivity contribution in [2.24, 2.45) is 11.7 Å². The highest BCUT2D eigenvalue weighted by Gasteiger charge is 2.51. The van der Waals surface area contributed by atoms with Gasteiger partial charge in [-0.1, -0.05) is 17.7 Å². The standard InChI is InChI=1S/C17H24N2OS/c1-11-3-8-15(12(2)9-11)21-10-17(16(18)20,13-4-5-13)19-14-6-7-14/h3,8-9,13-14,19H,4-7,10H2,1-2H3,(H2,18,20). The second-order valence-electron chi connectivity index (χ2n) is 6.59. The lowest BCUT2D eigenvalue weighted by atomic mass is 9.94. The van der Waals surface area contributed by atoms with Gasteiger partial charge in [0.25, 0.3) is 0 Å². The van der Waals surface area contributed by atoms with E-state index in [9.17, 15) is 4.79 Å². The zero-order valence-electron chi connectivity index (χ0n) is 12.8. The molecule has 2 aliphatic rings. The fourth-order valence-corrected chi connectivity index (χ4v) is 4.24. The molecule has 114 valence electrons. The van der Waals surface area contributed by atoms with E-state index >= 15 is 0 Å². The molecule has 0 saturated heterocycles. The Balaban J connectivity index is 1.76. The summed E-state index contributed by atoms with van der Waals surface area (Å²) >= 11 is 1.77. The van der Waals surface area contributed by atoms with Crippen LogP contribution in [0, 0.1) is 19.8 Å². The Hall–Kier alpha value is -1.00. The number of hydrogen-bond acceptors (Lipinski definition) is 3. The maximum Gasteiger partial charge on any atom is 0.238 e. The fraction of sp³-hybridized carbons (Fsp3) is 0.588. The number of thioether (sulfide) groups is 1. The first-order valence-electron chi connectivity index (χ1n) is 7.79. The van der Waals surface area contributed by atoms with Gasteiger partial charge in [-0.3, -0.25) is 10.1 Å². The summed E-state index contributed by atoms with van der Waals surface area (Å²) in [6.07, 6.45) is 4.60. The molecule has 1 atom stereocenters. The van der Waals surface area contributed by atoms with E-state index in [1.165, 1.54) is 28.9 Å². The topological polar surface area (TPSA) is 55.1 Å². The number of primary amides is 1.